The molecule has 234 valence electrons. The van der Waals surface area contributed by atoms with E-state index in [1.54, 1.807) is 42.5 Å². The van der Waals surface area contributed by atoms with Crippen LogP contribution in [0.2, 0.25) is 0 Å². The van der Waals surface area contributed by atoms with Crippen LogP contribution in [-0.2, 0) is 27.3 Å². The fraction of sp³-hybridized carbons (Fsp3) is 0.364. The van der Waals surface area contributed by atoms with Crippen LogP contribution in [0.4, 0.5) is 14.5 Å². The number of nitrogens with zero attached hydrogens (tertiary/aromatic N) is 2. The molecule has 0 radical (unpaired) electrons. The number of anilines is 1. The molecule has 0 aliphatic carbocycles. The molecular formula is C33H38F2N4O5. The first-order chi connectivity index (χ1) is 20.9. The van der Waals surface area contributed by atoms with Gasteiger partial charge in [0.15, 0.2) is 12.7 Å². The number of likely N-dealkylation sites (tertiary alicyclic amines) is 1. The maximum absolute atomic E-state index is 14.6. The monoisotopic (exact) mass is 608 g/mol. The van der Waals surface area contributed by atoms with Crippen LogP contribution in [0, 0.1) is 6.92 Å². The molecule has 0 spiro atoms. The molecule has 0 aromatic heterocycles. The number of carbonyl (C=O) groups is 3. The Kier molecular flexibility index (Phi) is 10.5. The van der Waals surface area contributed by atoms with Crippen LogP contribution in [0.25, 0.3) is 0 Å². The first-order valence-electron chi connectivity index (χ1n) is 14.4. The summed E-state index contributed by atoms with van der Waals surface area (Å²) >= 11 is 0. The number of amides is 3. The van der Waals surface area contributed by atoms with Crippen LogP contribution >= 0.6 is 0 Å². The standard InChI is InChI=1S/C33H38F2N4O5/c1-22-9-7-8-12-28(22)44-20-29(40)37-26(17-23-10-5-4-6-11-23)30(41)32(43)39-21-33(34,35)18-27(39)31(42)36-19-24-13-15-25(16-14-24)38(2)3/h4-16,26-27,30,41H,17-21H2,1-3H3,(H,36,42)(H,37,40)/t26-,27-,30-/m0/s1. The topological polar surface area (TPSA) is 111 Å². The molecule has 9 nitrogen and oxygen atoms in total. The Morgan fingerprint density at radius 1 is 1.00 bits per heavy atom. The van der Waals surface area contributed by atoms with Gasteiger partial charge in [0.1, 0.15) is 11.8 Å². The second-order valence-electron chi connectivity index (χ2n) is 11.2. The van der Waals surface area contributed by atoms with Crippen molar-refractivity contribution in [1.82, 2.24) is 15.5 Å². The molecule has 0 bridgehead atoms. The van der Waals surface area contributed by atoms with Crippen molar-refractivity contribution in [2.45, 2.75) is 50.4 Å². The van der Waals surface area contributed by atoms with Gasteiger partial charge in [-0.2, -0.15) is 0 Å². The molecule has 4 rings (SSSR count). The summed E-state index contributed by atoms with van der Waals surface area (Å²) in [6, 6.07) is 20.6. The fourth-order valence-electron chi connectivity index (χ4n) is 5.06. The van der Waals surface area contributed by atoms with E-state index in [2.05, 4.69) is 10.6 Å². The Morgan fingerprint density at radius 3 is 2.32 bits per heavy atom. The van der Waals surface area contributed by atoms with Crippen LogP contribution < -0.4 is 20.3 Å². The van der Waals surface area contributed by atoms with Gasteiger partial charge < -0.3 is 30.3 Å². The lowest BCUT2D eigenvalue weighted by Crippen LogP contribution is -2.56. The summed E-state index contributed by atoms with van der Waals surface area (Å²) in [6.07, 6.45) is -2.74. The summed E-state index contributed by atoms with van der Waals surface area (Å²) in [6.45, 7) is 0.486. The van der Waals surface area contributed by atoms with Crippen molar-refractivity contribution in [2.75, 3.05) is 32.1 Å². The molecule has 1 heterocycles. The van der Waals surface area contributed by atoms with Crippen molar-refractivity contribution in [3.05, 3.63) is 95.6 Å². The number of rotatable bonds is 12. The largest absolute Gasteiger partial charge is 0.484 e. The van der Waals surface area contributed by atoms with Crippen molar-refractivity contribution in [2.24, 2.45) is 0 Å². The molecule has 0 saturated carbocycles. The summed E-state index contributed by atoms with van der Waals surface area (Å²) in [4.78, 5) is 42.1. The molecule has 0 unspecified atom stereocenters. The molecule has 44 heavy (non-hydrogen) atoms. The van der Waals surface area contributed by atoms with Crippen molar-refractivity contribution >= 4 is 23.4 Å². The molecule has 3 atom stereocenters. The van der Waals surface area contributed by atoms with E-state index in [0.717, 1.165) is 16.8 Å². The summed E-state index contributed by atoms with van der Waals surface area (Å²) in [7, 11) is 3.79. The number of carbonyl (C=O) groups excluding carboxylic acids is 3. The van der Waals surface area contributed by atoms with Crippen LogP contribution in [0.3, 0.4) is 0 Å². The molecular weight excluding hydrogens is 570 g/mol. The molecule has 3 amide bonds. The summed E-state index contributed by atoms with van der Waals surface area (Å²) in [5.74, 6) is -5.26. The SMILES string of the molecule is Cc1ccccc1OCC(=O)N[C@@H](Cc1ccccc1)[C@H](O)C(=O)N1CC(F)(F)C[C@H]1C(=O)NCc1ccc(N(C)C)cc1. The van der Waals surface area contributed by atoms with Crippen LogP contribution in [0.15, 0.2) is 78.9 Å². The zero-order valence-corrected chi connectivity index (χ0v) is 25.0. The van der Waals surface area contributed by atoms with Gasteiger partial charge in [0.25, 0.3) is 17.7 Å². The van der Waals surface area contributed by atoms with Gasteiger partial charge in [-0.15, -0.1) is 0 Å². The van der Waals surface area contributed by atoms with Crippen molar-refractivity contribution in [3.8, 4) is 5.75 Å². The second kappa shape index (κ2) is 14.3. The van der Waals surface area contributed by atoms with E-state index in [1.807, 2.05) is 62.3 Å². The number of hydrogen-bond acceptors (Lipinski definition) is 6. The molecule has 3 N–H and O–H groups in total. The Hall–Kier alpha value is -4.51. The van der Waals surface area contributed by atoms with E-state index < -0.39 is 54.8 Å². The lowest BCUT2D eigenvalue weighted by molar-refractivity contribution is -0.147. The number of aliphatic hydroxyl groups excluding tert-OH is 1. The summed E-state index contributed by atoms with van der Waals surface area (Å²) < 4.78 is 34.8. The maximum Gasteiger partial charge on any atom is 0.267 e. The third-order valence-electron chi connectivity index (χ3n) is 7.51. The Labute approximate surface area is 255 Å². The smallest absolute Gasteiger partial charge is 0.267 e. The van der Waals surface area contributed by atoms with Gasteiger partial charge >= 0.3 is 0 Å². The number of hydrogen-bond donors (Lipinski definition) is 3. The zero-order valence-electron chi connectivity index (χ0n) is 25.0. The number of aryl methyl sites for hydroxylation is 1. The average molecular weight is 609 g/mol. The van der Waals surface area contributed by atoms with Crippen molar-refractivity contribution < 1.29 is 33.0 Å². The lowest BCUT2D eigenvalue weighted by atomic mass is 9.99. The van der Waals surface area contributed by atoms with E-state index >= 15 is 0 Å². The van der Waals surface area contributed by atoms with E-state index in [0.29, 0.717) is 16.2 Å². The fourth-order valence-corrected chi connectivity index (χ4v) is 5.06. The highest BCUT2D eigenvalue weighted by molar-refractivity contribution is 5.91. The van der Waals surface area contributed by atoms with Gasteiger partial charge in [0, 0.05) is 32.7 Å². The number of ether oxygens (including phenoxy) is 1. The minimum atomic E-state index is -3.33. The highest BCUT2D eigenvalue weighted by atomic mass is 19.3. The average Bonchev–Trinajstić information content (AvgIpc) is 3.34. The lowest BCUT2D eigenvalue weighted by Gasteiger charge is -2.30. The van der Waals surface area contributed by atoms with Gasteiger partial charge in [-0.25, -0.2) is 8.78 Å². The quantitative estimate of drug-likeness (QED) is 0.292. The number of alkyl halides is 2. The highest BCUT2D eigenvalue weighted by Crippen LogP contribution is 2.33. The molecule has 3 aromatic rings. The number of halogens is 2. The third-order valence-corrected chi connectivity index (χ3v) is 7.51. The van der Waals surface area contributed by atoms with Crippen LogP contribution in [0.5, 0.6) is 5.75 Å². The van der Waals surface area contributed by atoms with Gasteiger partial charge in [0.2, 0.25) is 5.91 Å². The number of para-hydroxylation sites is 1. The first kappa shape index (κ1) is 32.4. The third kappa shape index (κ3) is 8.53. The predicted octanol–water partition coefficient (Wildman–Crippen LogP) is 3.08. The first-order valence-corrected chi connectivity index (χ1v) is 14.4. The van der Waals surface area contributed by atoms with Gasteiger partial charge in [-0.1, -0.05) is 60.7 Å². The van der Waals surface area contributed by atoms with Gasteiger partial charge in [-0.05, 0) is 48.2 Å². The number of benzene rings is 3. The molecule has 1 fully saturated rings. The Balaban J connectivity index is 1.46. The number of aliphatic hydroxyl groups is 1. The van der Waals surface area contributed by atoms with E-state index in [-0.39, 0.29) is 19.6 Å². The Bertz CT molecular complexity index is 1440. The minimum Gasteiger partial charge on any atom is -0.484 e. The van der Waals surface area contributed by atoms with Gasteiger partial charge in [-0.3, -0.25) is 14.4 Å². The molecule has 1 aliphatic rings. The highest BCUT2D eigenvalue weighted by Gasteiger charge is 2.51. The van der Waals surface area contributed by atoms with E-state index in [1.165, 1.54) is 0 Å². The zero-order chi connectivity index (χ0) is 31.9. The second-order valence-corrected chi connectivity index (χ2v) is 11.2. The Morgan fingerprint density at radius 2 is 1.66 bits per heavy atom. The molecule has 3 aromatic carbocycles. The number of nitrogens with one attached hydrogen (secondary N) is 2. The summed E-state index contributed by atoms with van der Waals surface area (Å²) in [5, 5.41) is 16.5. The normalized spacial score (nSPS) is 17.0. The van der Waals surface area contributed by atoms with E-state index in [4.69, 9.17) is 4.74 Å². The van der Waals surface area contributed by atoms with Gasteiger partial charge in [0.05, 0.1) is 12.6 Å². The minimum absolute atomic E-state index is 0.0356. The molecule has 1 saturated heterocycles. The van der Waals surface area contributed by atoms with Crippen LogP contribution in [-0.4, -0.2) is 79.1 Å². The van der Waals surface area contributed by atoms with Crippen molar-refractivity contribution in [3.63, 3.8) is 0 Å². The van der Waals surface area contributed by atoms with E-state index in [9.17, 15) is 28.3 Å². The summed E-state index contributed by atoms with van der Waals surface area (Å²) in [5.41, 5.74) is 3.23. The van der Waals surface area contributed by atoms with Crippen LogP contribution in [0.1, 0.15) is 23.1 Å². The predicted molar refractivity (Wildman–Crippen MR) is 162 cm³/mol. The maximum atomic E-state index is 14.6. The molecule has 11 heteroatoms. The van der Waals surface area contributed by atoms with Crippen molar-refractivity contribution in [1.29, 1.82) is 0 Å². The molecule has 1 aliphatic heterocycles.